The number of rotatable bonds is 4. The lowest BCUT2D eigenvalue weighted by Crippen LogP contribution is -2.41. The number of hydrogen-bond donors (Lipinski definition) is 0. The van der Waals surface area contributed by atoms with Gasteiger partial charge in [-0.1, -0.05) is 18.1 Å². The largest absolute Gasteiger partial charge is 0.368 e. The normalized spacial score (nSPS) is 18.6. The summed E-state index contributed by atoms with van der Waals surface area (Å²) >= 11 is 0. The van der Waals surface area contributed by atoms with Crippen LogP contribution in [0.2, 0.25) is 0 Å². The van der Waals surface area contributed by atoms with Crippen molar-refractivity contribution in [3.05, 3.63) is 35.6 Å². The van der Waals surface area contributed by atoms with E-state index in [0.717, 1.165) is 12.8 Å². The molecule has 1 heterocycles. The van der Waals surface area contributed by atoms with E-state index < -0.39 is 5.82 Å². The van der Waals surface area contributed by atoms with Crippen molar-refractivity contribution in [2.75, 3.05) is 26.3 Å². The maximum absolute atomic E-state index is 13.6. The molecule has 1 aliphatic rings. The van der Waals surface area contributed by atoms with Gasteiger partial charge in [0.15, 0.2) is 0 Å². The molecule has 1 unspecified atom stereocenters. The molecule has 0 N–H and O–H groups in total. The number of amides is 1. The Kier molecular flexibility index (Phi) is 5.14. The molecule has 0 aromatic heterocycles. The molecule has 1 aliphatic heterocycles. The second-order valence-electron chi connectivity index (χ2n) is 4.96. The van der Waals surface area contributed by atoms with E-state index in [-0.39, 0.29) is 24.0 Å². The van der Waals surface area contributed by atoms with E-state index in [4.69, 9.17) is 11.2 Å². The van der Waals surface area contributed by atoms with Gasteiger partial charge < -0.3 is 9.64 Å². The summed E-state index contributed by atoms with van der Waals surface area (Å²) in [6.07, 6.45) is 7.04. The lowest BCUT2D eigenvalue weighted by atomic mass is 9.98. The smallest absolute Gasteiger partial charge is 0.256 e. The Bertz CT molecular complexity index is 509. The number of carbonyl (C=O) groups excluding carboxylic acids is 1. The molecule has 1 fully saturated rings. The van der Waals surface area contributed by atoms with Crippen molar-refractivity contribution in [2.24, 2.45) is 5.92 Å². The Balaban J connectivity index is 1.97. The first-order valence-electron chi connectivity index (χ1n) is 6.77. The minimum atomic E-state index is -0.469. The van der Waals surface area contributed by atoms with Crippen LogP contribution in [0.1, 0.15) is 23.2 Å². The molecule has 0 saturated carbocycles. The average Bonchev–Trinajstić information content (AvgIpc) is 2.48. The number of halogens is 1. The number of likely N-dealkylation sites (tertiary alicyclic amines) is 1. The van der Waals surface area contributed by atoms with E-state index >= 15 is 0 Å². The van der Waals surface area contributed by atoms with Gasteiger partial charge in [-0.15, -0.1) is 6.42 Å². The highest BCUT2D eigenvalue weighted by molar-refractivity contribution is 5.94. The number of ether oxygens (including phenoxy) is 1. The van der Waals surface area contributed by atoms with Crippen LogP contribution in [0.5, 0.6) is 0 Å². The summed E-state index contributed by atoms with van der Waals surface area (Å²) in [6.45, 7) is 2.10. The molecule has 0 aliphatic carbocycles. The van der Waals surface area contributed by atoms with Crippen LogP contribution in [0.15, 0.2) is 24.3 Å². The third-order valence-corrected chi connectivity index (χ3v) is 3.45. The van der Waals surface area contributed by atoms with Crippen LogP contribution in [0, 0.1) is 24.1 Å². The zero-order valence-corrected chi connectivity index (χ0v) is 11.3. The molecule has 1 amide bonds. The van der Waals surface area contributed by atoms with E-state index in [1.165, 1.54) is 12.1 Å². The van der Waals surface area contributed by atoms with Gasteiger partial charge in [-0.3, -0.25) is 4.79 Å². The molecule has 0 spiro atoms. The van der Waals surface area contributed by atoms with Gasteiger partial charge in [0.25, 0.3) is 5.91 Å². The predicted molar refractivity (Wildman–Crippen MR) is 74.7 cm³/mol. The Morgan fingerprint density at radius 2 is 2.30 bits per heavy atom. The summed E-state index contributed by atoms with van der Waals surface area (Å²) in [5.74, 6) is 1.98. The minimum absolute atomic E-state index is 0.137. The van der Waals surface area contributed by atoms with E-state index in [1.807, 2.05) is 0 Å². The zero-order chi connectivity index (χ0) is 14.4. The lowest BCUT2D eigenvalue weighted by molar-refractivity contribution is 0.0530. The second kappa shape index (κ2) is 7.06. The van der Waals surface area contributed by atoms with Crippen molar-refractivity contribution in [3.8, 4) is 12.3 Å². The number of nitrogens with zero attached hydrogens (tertiary/aromatic N) is 1. The van der Waals surface area contributed by atoms with Gasteiger partial charge in [-0.2, -0.15) is 0 Å². The van der Waals surface area contributed by atoms with Crippen molar-refractivity contribution in [1.82, 2.24) is 4.90 Å². The highest BCUT2D eigenvalue weighted by Gasteiger charge is 2.25. The van der Waals surface area contributed by atoms with E-state index in [0.29, 0.717) is 19.7 Å². The Morgan fingerprint density at radius 3 is 3.05 bits per heavy atom. The first-order valence-corrected chi connectivity index (χ1v) is 6.77. The van der Waals surface area contributed by atoms with Crippen LogP contribution in [-0.4, -0.2) is 37.1 Å². The van der Waals surface area contributed by atoms with Gasteiger partial charge in [0, 0.05) is 19.0 Å². The lowest BCUT2D eigenvalue weighted by Gasteiger charge is -2.32. The molecule has 3 nitrogen and oxygen atoms in total. The molecule has 1 aromatic carbocycles. The topological polar surface area (TPSA) is 29.5 Å². The zero-order valence-electron chi connectivity index (χ0n) is 11.3. The van der Waals surface area contributed by atoms with Crippen molar-refractivity contribution in [1.29, 1.82) is 0 Å². The molecule has 2 rings (SSSR count). The highest BCUT2D eigenvalue weighted by Crippen LogP contribution is 2.20. The van der Waals surface area contributed by atoms with Gasteiger partial charge in [-0.25, -0.2) is 4.39 Å². The van der Waals surface area contributed by atoms with Crippen LogP contribution >= 0.6 is 0 Å². The third kappa shape index (κ3) is 3.58. The minimum Gasteiger partial charge on any atom is -0.368 e. The van der Waals surface area contributed by atoms with Crippen molar-refractivity contribution >= 4 is 5.91 Å². The molecule has 1 saturated heterocycles. The number of piperidine rings is 1. The molecule has 4 heteroatoms. The van der Waals surface area contributed by atoms with Gasteiger partial charge in [0.1, 0.15) is 12.4 Å². The van der Waals surface area contributed by atoms with Gasteiger partial charge in [-0.05, 0) is 25.0 Å². The summed E-state index contributed by atoms with van der Waals surface area (Å²) in [5.41, 5.74) is 0.137. The first kappa shape index (κ1) is 14.5. The Hall–Kier alpha value is -1.86. The predicted octanol–water partition coefficient (Wildman–Crippen LogP) is 2.33. The summed E-state index contributed by atoms with van der Waals surface area (Å²) in [4.78, 5) is 14.0. The molecule has 0 radical (unpaired) electrons. The van der Waals surface area contributed by atoms with Crippen LogP contribution in [0.4, 0.5) is 4.39 Å². The fourth-order valence-corrected chi connectivity index (χ4v) is 2.48. The van der Waals surface area contributed by atoms with Crippen molar-refractivity contribution in [3.63, 3.8) is 0 Å². The van der Waals surface area contributed by atoms with Gasteiger partial charge in [0.2, 0.25) is 0 Å². The van der Waals surface area contributed by atoms with Crippen LogP contribution < -0.4 is 0 Å². The van der Waals surface area contributed by atoms with E-state index in [9.17, 15) is 9.18 Å². The number of carbonyl (C=O) groups is 1. The highest BCUT2D eigenvalue weighted by atomic mass is 19.1. The molecular formula is C16H18FNO2. The summed E-state index contributed by atoms with van der Waals surface area (Å²) in [6, 6.07) is 6.09. The fraction of sp³-hybridized carbons (Fsp3) is 0.438. The monoisotopic (exact) mass is 275 g/mol. The van der Waals surface area contributed by atoms with Gasteiger partial charge >= 0.3 is 0 Å². The van der Waals surface area contributed by atoms with Crippen LogP contribution in [0.25, 0.3) is 0 Å². The number of terminal acetylenes is 1. The van der Waals surface area contributed by atoms with Gasteiger partial charge in [0.05, 0.1) is 12.2 Å². The number of hydrogen-bond acceptors (Lipinski definition) is 2. The summed E-state index contributed by atoms with van der Waals surface area (Å²) in [7, 11) is 0. The second-order valence-corrected chi connectivity index (χ2v) is 4.96. The van der Waals surface area contributed by atoms with Crippen molar-refractivity contribution < 1.29 is 13.9 Å². The molecule has 1 aromatic rings. The van der Waals surface area contributed by atoms with E-state index in [2.05, 4.69) is 5.92 Å². The Morgan fingerprint density at radius 1 is 1.50 bits per heavy atom. The fourth-order valence-electron chi connectivity index (χ4n) is 2.48. The molecule has 0 bridgehead atoms. The van der Waals surface area contributed by atoms with Crippen LogP contribution in [-0.2, 0) is 4.74 Å². The first-order chi connectivity index (χ1) is 9.72. The quantitative estimate of drug-likeness (QED) is 0.623. The summed E-state index contributed by atoms with van der Waals surface area (Å²) < 4.78 is 19.0. The molecular weight excluding hydrogens is 257 g/mol. The van der Waals surface area contributed by atoms with Crippen molar-refractivity contribution in [2.45, 2.75) is 12.8 Å². The average molecular weight is 275 g/mol. The molecule has 20 heavy (non-hydrogen) atoms. The maximum atomic E-state index is 13.6. The summed E-state index contributed by atoms with van der Waals surface area (Å²) in [5, 5.41) is 0. The molecule has 106 valence electrons. The Labute approximate surface area is 118 Å². The van der Waals surface area contributed by atoms with E-state index in [1.54, 1.807) is 17.0 Å². The standard InChI is InChI=1S/C16H18FNO2/c1-2-10-20-12-13-6-5-9-18(11-13)16(19)14-7-3-4-8-15(14)17/h1,3-4,7-8,13H,5-6,9-12H2. The SMILES string of the molecule is C#CCOCC1CCCN(C(=O)c2ccccc2F)C1. The van der Waals surface area contributed by atoms with Crippen LogP contribution in [0.3, 0.4) is 0 Å². The third-order valence-electron chi connectivity index (χ3n) is 3.45. The maximum Gasteiger partial charge on any atom is 0.256 e. The molecule has 1 atom stereocenters. The number of benzene rings is 1.